The van der Waals surface area contributed by atoms with Crippen molar-refractivity contribution in [3.8, 4) is 23.0 Å². The van der Waals surface area contributed by atoms with Gasteiger partial charge in [-0.05, 0) is 60.4 Å². The van der Waals surface area contributed by atoms with Crippen molar-refractivity contribution in [3.63, 3.8) is 0 Å². The zero-order chi connectivity index (χ0) is 31.9. The molecule has 238 valence electrons. The SMILES string of the molecule is COc1cc(C2/C(=C(\O)c3ccc(OCc4ccccc4)cc3C)C(=O)C(=O)N2CCCN2CCOCC2)cc(OC)c1OC. The zero-order valence-corrected chi connectivity index (χ0v) is 26.2. The van der Waals surface area contributed by atoms with Crippen LogP contribution in [0.1, 0.15) is 34.7 Å². The van der Waals surface area contributed by atoms with E-state index in [2.05, 4.69) is 4.90 Å². The molecule has 1 atom stereocenters. The van der Waals surface area contributed by atoms with Gasteiger partial charge in [-0.2, -0.15) is 0 Å². The van der Waals surface area contributed by atoms with E-state index in [0.717, 1.165) is 25.2 Å². The highest BCUT2D eigenvalue weighted by atomic mass is 16.5. The predicted molar refractivity (Wildman–Crippen MR) is 169 cm³/mol. The number of benzene rings is 3. The van der Waals surface area contributed by atoms with Crippen molar-refractivity contribution in [2.75, 3.05) is 60.7 Å². The molecule has 2 fully saturated rings. The molecule has 3 aromatic rings. The molecule has 10 heteroatoms. The molecule has 45 heavy (non-hydrogen) atoms. The van der Waals surface area contributed by atoms with Crippen LogP contribution in [0.4, 0.5) is 0 Å². The highest BCUT2D eigenvalue weighted by Crippen LogP contribution is 2.46. The number of methoxy groups -OCH3 is 3. The Morgan fingerprint density at radius 1 is 0.911 bits per heavy atom. The molecule has 1 unspecified atom stereocenters. The number of amides is 1. The summed E-state index contributed by atoms with van der Waals surface area (Å²) in [6.45, 7) is 6.26. The summed E-state index contributed by atoms with van der Waals surface area (Å²) in [4.78, 5) is 31.1. The molecule has 2 aliphatic rings. The van der Waals surface area contributed by atoms with Gasteiger partial charge in [0.05, 0.1) is 46.2 Å². The number of aryl methyl sites for hydroxylation is 1. The van der Waals surface area contributed by atoms with E-state index < -0.39 is 17.7 Å². The molecule has 0 saturated carbocycles. The molecular formula is C35H40N2O8. The van der Waals surface area contributed by atoms with Gasteiger partial charge in [0.25, 0.3) is 11.7 Å². The van der Waals surface area contributed by atoms with Crippen molar-refractivity contribution in [1.82, 2.24) is 9.80 Å². The maximum Gasteiger partial charge on any atom is 0.295 e. The van der Waals surface area contributed by atoms with E-state index in [9.17, 15) is 14.7 Å². The highest BCUT2D eigenvalue weighted by molar-refractivity contribution is 6.46. The minimum absolute atomic E-state index is 0.00157. The van der Waals surface area contributed by atoms with E-state index in [4.69, 9.17) is 23.7 Å². The normalized spacial score (nSPS) is 18.2. The van der Waals surface area contributed by atoms with Crippen LogP contribution in [0.5, 0.6) is 23.0 Å². The van der Waals surface area contributed by atoms with E-state index in [1.54, 1.807) is 24.3 Å². The van der Waals surface area contributed by atoms with Crippen LogP contribution in [0.15, 0.2) is 66.2 Å². The number of ketones is 1. The summed E-state index contributed by atoms with van der Waals surface area (Å²) < 4.78 is 28.1. The Labute approximate surface area is 263 Å². The number of Topliss-reactive ketones (excluding diaryl/α,β-unsaturated/α-hetero) is 1. The second-order valence-electron chi connectivity index (χ2n) is 11.0. The number of aliphatic hydroxyl groups is 1. The number of hydrogen-bond acceptors (Lipinski definition) is 9. The molecule has 2 saturated heterocycles. The highest BCUT2D eigenvalue weighted by Gasteiger charge is 2.46. The number of morpholine rings is 1. The first-order valence-corrected chi connectivity index (χ1v) is 15.0. The van der Waals surface area contributed by atoms with Crippen molar-refractivity contribution in [2.24, 2.45) is 0 Å². The Morgan fingerprint density at radius 3 is 2.22 bits per heavy atom. The van der Waals surface area contributed by atoms with Gasteiger partial charge >= 0.3 is 0 Å². The number of likely N-dealkylation sites (tertiary alicyclic amines) is 1. The third-order valence-electron chi connectivity index (χ3n) is 8.22. The minimum Gasteiger partial charge on any atom is -0.507 e. The van der Waals surface area contributed by atoms with Crippen molar-refractivity contribution in [3.05, 3.63) is 88.5 Å². The fourth-order valence-electron chi connectivity index (χ4n) is 5.88. The average molecular weight is 617 g/mol. The van der Waals surface area contributed by atoms with Gasteiger partial charge in [0, 0.05) is 31.7 Å². The monoisotopic (exact) mass is 616 g/mol. The van der Waals surface area contributed by atoms with Crippen molar-refractivity contribution in [1.29, 1.82) is 0 Å². The van der Waals surface area contributed by atoms with Gasteiger partial charge < -0.3 is 33.7 Å². The molecule has 0 aromatic heterocycles. The molecule has 0 bridgehead atoms. The van der Waals surface area contributed by atoms with Gasteiger partial charge in [-0.15, -0.1) is 0 Å². The average Bonchev–Trinajstić information content (AvgIpc) is 3.32. The van der Waals surface area contributed by atoms with Crippen LogP contribution in [0.2, 0.25) is 0 Å². The second kappa shape index (κ2) is 14.5. The van der Waals surface area contributed by atoms with Gasteiger partial charge in [-0.25, -0.2) is 0 Å². The number of rotatable bonds is 12. The zero-order valence-electron chi connectivity index (χ0n) is 26.2. The van der Waals surface area contributed by atoms with Crippen molar-refractivity contribution in [2.45, 2.75) is 26.0 Å². The number of aliphatic hydroxyl groups excluding tert-OH is 1. The Morgan fingerprint density at radius 2 is 1.60 bits per heavy atom. The Hall–Kier alpha value is -4.54. The van der Waals surface area contributed by atoms with Crippen LogP contribution in [0.3, 0.4) is 0 Å². The van der Waals surface area contributed by atoms with E-state index in [0.29, 0.717) is 72.5 Å². The Bertz CT molecular complexity index is 1520. The summed E-state index contributed by atoms with van der Waals surface area (Å²) in [6, 6.07) is 17.6. The quantitative estimate of drug-likeness (QED) is 0.175. The van der Waals surface area contributed by atoms with Crippen LogP contribution in [0, 0.1) is 6.92 Å². The number of hydrogen-bond donors (Lipinski definition) is 1. The first-order valence-electron chi connectivity index (χ1n) is 15.0. The fourth-order valence-corrected chi connectivity index (χ4v) is 5.88. The summed E-state index contributed by atoms with van der Waals surface area (Å²) in [5, 5.41) is 11.8. The van der Waals surface area contributed by atoms with Gasteiger partial charge in [0.2, 0.25) is 5.75 Å². The van der Waals surface area contributed by atoms with Gasteiger partial charge in [-0.3, -0.25) is 14.5 Å². The lowest BCUT2D eigenvalue weighted by molar-refractivity contribution is -0.140. The summed E-state index contributed by atoms with van der Waals surface area (Å²) in [6.07, 6.45) is 0.639. The van der Waals surface area contributed by atoms with Crippen molar-refractivity contribution < 1.29 is 38.4 Å². The molecule has 0 aliphatic carbocycles. The third kappa shape index (κ3) is 6.92. The second-order valence-corrected chi connectivity index (χ2v) is 11.0. The smallest absolute Gasteiger partial charge is 0.295 e. The molecular weight excluding hydrogens is 576 g/mol. The topological polar surface area (TPSA) is 107 Å². The molecule has 2 aliphatic heterocycles. The van der Waals surface area contributed by atoms with Crippen LogP contribution in [0.25, 0.3) is 5.76 Å². The Balaban J connectivity index is 1.51. The maximum absolute atomic E-state index is 13.7. The predicted octanol–water partition coefficient (Wildman–Crippen LogP) is 4.74. The molecule has 0 radical (unpaired) electrons. The van der Waals surface area contributed by atoms with Gasteiger partial charge in [-0.1, -0.05) is 30.3 Å². The fraction of sp³-hybridized carbons (Fsp3) is 0.371. The third-order valence-corrected chi connectivity index (χ3v) is 8.22. The number of carbonyl (C=O) groups is 2. The molecule has 5 rings (SSSR count). The molecule has 2 heterocycles. The lowest BCUT2D eigenvalue weighted by atomic mass is 9.93. The lowest BCUT2D eigenvalue weighted by Gasteiger charge is -2.29. The summed E-state index contributed by atoms with van der Waals surface area (Å²) in [5.74, 6) is 0.0883. The molecule has 0 spiro atoms. The maximum atomic E-state index is 13.7. The number of ether oxygens (including phenoxy) is 5. The summed E-state index contributed by atoms with van der Waals surface area (Å²) in [7, 11) is 4.52. The van der Waals surface area contributed by atoms with Gasteiger partial charge in [0.1, 0.15) is 18.1 Å². The van der Waals surface area contributed by atoms with Crippen LogP contribution in [-0.4, -0.2) is 87.3 Å². The first-order chi connectivity index (χ1) is 21.9. The number of carbonyl (C=O) groups excluding carboxylic acids is 2. The largest absolute Gasteiger partial charge is 0.507 e. The van der Waals surface area contributed by atoms with Gasteiger partial charge in [0.15, 0.2) is 11.5 Å². The Kier molecular flexibility index (Phi) is 10.3. The standard InChI is InChI=1S/C35H40N2O8/c1-23-19-26(45-22-24-9-6-5-7-10-24)11-12-27(23)32(38)30-31(25-20-28(41-2)34(43-4)29(21-25)42-3)37(35(40)33(30)39)14-8-13-36-15-17-44-18-16-36/h5-7,9-12,19-21,31,38H,8,13-18,22H2,1-4H3/b32-30+. The van der Waals surface area contributed by atoms with Crippen LogP contribution < -0.4 is 18.9 Å². The molecule has 1 amide bonds. The molecule has 3 aromatic carbocycles. The van der Waals surface area contributed by atoms with E-state index in [-0.39, 0.29) is 11.3 Å². The minimum atomic E-state index is -0.878. The first kappa shape index (κ1) is 31.9. The van der Waals surface area contributed by atoms with Crippen LogP contribution >= 0.6 is 0 Å². The van der Waals surface area contributed by atoms with Crippen molar-refractivity contribution >= 4 is 17.4 Å². The summed E-state index contributed by atoms with van der Waals surface area (Å²) >= 11 is 0. The summed E-state index contributed by atoms with van der Waals surface area (Å²) in [5.41, 5.74) is 2.71. The van der Waals surface area contributed by atoms with E-state index in [1.807, 2.05) is 43.3 Å². The number of nitrogens with zero attached hydrogens (tertiary/aromatic N) is 2. The lowest BCUT2D eigenvalue weighted by Crippen LogP contribution is -2.39. The molecule has 10 nitrogen and oxygen atoms in total. The van der Waals surface area contributed by atoms with E-state index in [1.165, 1.54) is 26.2 Å². The van der Waals surface area contributed by atoms with E-state index >= 15 is 0 Å². The van der Waals surface area contributed by atoms with Crippen LogP contribution in [-0.2, 0) is 20.9 Å². The molecule has 1 N–H and O–H groups in total.